The molecule has 0 amide bonds. The van der Waals surface area contributed by atoms with Crippen molar-refractivity contribution >= 4 is 20.0 Å². The Bertz CT molecular complexity index is 1270. The quantitative estimate of drug-likeness (QED) is 0.427. The molecule has 2 unspecified atom stereocenters. The normalized spacial score (nSPS) is 19.5. The largest absolute Gasteiger partial charge is 0.509 e. The van der Waals surface area contributed by atoms with E-state index >= 15 is 0 Å². The summed E-state index contributed by atoms with van der Waals surface area (Å²) in [6, 6.07) is 7.55. The zero-order valence-corrected chi connectivity index (χ0v) is 18.5. The zero-order valence-electron chi connectivity index (χ0n) is 16.9. The number of rotatable bonds is 7. The molecular formula is C20H22N2O8S2. The van der Waals surface area contributed by atoms with E-state index in [-0.39, 0.29) is 10.1 Å². The van der Waals surface area contributed by atoms with Gasteiger partial charge >= 0.3 is 0 Å². The molecule has 10 nitrogen and oxygen atoms in total. The van der Waals surface area contributed by atoms with Crippen LogP contribution in [0.15, 0.2) is 70.3 Å². The first-order valence-electron chi connectivity index (χ1n) is 9.45. The van der Waals surface area contributed by atoms with Gasteiger partial charge in [-0.15, -0.1) is 0 Å². The third kappa shape index (κ3) is 4.63. The summed E-state index contributed by atoms with van der Waals surface area (Å²) in [6.07, 6.45) is 2.06. The lowest BCUT2D eigenvalue weighted by Crippen LogP contribution is -2.40. The van der Waals surface area contributed by atoms with Crippen molar-refractivity contribution in [3.05, 3.63) is 71.1 Å². The maximum Gasteiger partial charge on any atom is 0.256 e. The van der Waals surface area contributed by atoms with Crippen molar-refractivity contribution in [3.63, 3.8) is 0 Å². The van der Waals surface area contributed by atoms with E-state index in [2.05, 4.69) is 4.98 Å². The molecule has 0 aliphatic heterocycles. The Kier molecular flexibility index (Phi) is 6.60. The van der Waals surface area contributed by atoms with Gasteiger partial charge in [-0.25, -0.2) is 16.8 Å². The number of aromatic hydroxyl groups is 2. The van der Waals surface area contributed by atoms with Crippen molar-refractivity contribution in [2.75, 3.05) is 6.54 Å². The van der Waals surface area contributed by atoms with E-state index in [1.165, 1.54) is 13.1 Å². The third-order valence-corrected chi connectivity index (χ3v) is 9.19. The molecule has 1 aliphatic carbocycles. The van der Waals surface area contributed by atoms with Crippen LogP contribution in [0.4, 0.5) is 0 Å². The van der Waals surface area contributed by atoms with Crippen molar-refractivity contribution in [1.82, 2.24) is 8.69 Å². The summed E-state index contributed by atoms with van der Waals surface area (Å²) in [6.45, 7) is 0.945. The summed E-state index contributed by atoms with van der Waals surface area (Å²) in [7, 11) is -9.46. The summed E-state index contributed by atoms with van der Waals surface area (Å²) in [4.78, 5) is 3.01. The number of pyridine rings is 1. The van der Waals surface area contributed by atoms with Crippen molar-refractivity contribution < 1.29 is 37.3 Å². The molecule has 172 valence electrons. The van der Waals surface area contributed by atoms with Crippen molar-refractivity contribution in [2.24, 2.45) is 5.92 Å². The molecule has 1 heterocycles. The Hall–Kier alpha value is -2.93. The lowest BCUT2D eigenvalue weighted by atomic mass is 9.98. The molecule has 3 rings (SSSR count). The second-order valence-corrected chi connectivity index (χ2v) is 11.1. The minimum atomic E-state index is -4.73. The highest BCUT2D eigenvalue weighted by molar-refractivity contribution is 8.06. The molecule has 0 saturated heterocycles. The lowest BCUT2D eigenvalue weighted by Gasteiger charge is -2.26. The molecule has 4 N–H and O–H groups in total. The molecule has 12 heteroatoms. The SMILES string of the molecule is CC1C=C(S(=O)(=O)N(CCc2ccccn2)S(=O)(=O)c2ccc(O)c(O)c2)C=C(O)C1O. The van der Waals surface area contributed by atoms with Gasteiger partial charge in [0.15, 0.2) is 11.5 Å². The fourth-order valence-corrected chi connectivity index (χ4v) is 6.92. The second kappa shape index (κ2) is 8.90. The number of allylic oxidation sites excluding steroid dienone is 1. The maximum absolute atomic E-state index is 13.4. The molecule has 0 saturated carbocycles. The molecule has 1 aromatic carbocycles. The fourth-order valence-electron chi connectivity index (χ4n) is 3.08. The van der Waals surface area contributed by atoms with Crippen LogP contribution in [-0.2, 0) is 26.5 Å². The average molecular weight is 483 g/mol. The van der Waals surface area contributed by atoms with Crippen LogP contribution in [0.1, 0.15) is 12.6 Å². The van der Waals surface area contributed by atoms with Crippen molar-refractivity contribution in [1.29, 1.82) is 0 Å². The molecule has 2 aromatic rings. The van der Waals surface area contributed by atoms with E-state index in [0.717, 1.165) is 30.4 Å². The topological polar surface area (TPSA) is 165 Å². The van der Waals surface area contributed by atoms with E-state index in [1.807, 2.05) is 0 Å². The Morgan fingerprint density at radius 1 is 1.00 bits per heavy atom. The first-order valence-corrected chi connectivity index (χ1v) is 12.3. The van der Waals surface area contributed by atoms with Crippen LogP contribution in [0.25, 0.3) is 0 Å². The first kappa shape index (κ1) is 23.7. The van der Waals surface area contributed by atoms with E-state index < -0.39 is 65.7 Å². The Morgan fingerprint density at radius 2 is 1.72 bits per heavy atom. The van der Waals surface area contributed by atoms with Gasteiger partial charge in [0.1, 0.15) is 11.9 Å². The number of phenols is 2. The summed E-state index contributed by atoms with van der Waals surface area (Å²) in [5.41, 5.74) is 0.441. The Morgan fingerprint density at radius 3 is 2.31 bits per heavy atom. The van der Waals surface area contributed by atoms with Crippen LogP contribution in [0.5, 0.6) is 11.5 Å². The predicted octanol–water partition coefficient (Wildman–Crippen LogP) is 1.39. The summed E-state index contributed by atoms with van der Waals surface area (Å²) >= 11 is 0. The zero-order chi connectivity index (χ0) is 23.7. The number of phenolic OH excluding ortho intramolecular Hbond substituents is 2. The number of sulfonamides is 2. The second-order valence-electron chi connectivity index (χ2n) is 7.17. The Labute approximate surface area is 185 Å². The molecule has 32 heavy (non-hydrogen) atoms. The van der Waals surface area contributed by atoms with Gasteiger partial charge in [-0.2, -0.15) is 0 Å². The number of aromatic nitrogens is 1. The number of aliphatic hydroxyl groups excluding tert-OH is 2. The van der Waals surface area contributed by atoms with Crippen LogP contribution in [0, 0.1) is 5.92 Å². The van der Waals surface area contributed by atoms with Crippen LogP contribution in [0.2, 0.25) is 0 Å². The molecule has 0 radical (unpaired) electrons. The van der Waals surface area contributed by atoms with E-state index in [1.54, 1.807) is 18.2 Å². The first-order chi connectivity index (χ1) is 14.9. The Balaban J connectivity index is 2.09. The van der Waals surface area contributed by atoms with Gasteiger partial charge in [0, 0.05) is 36.8 Å². The van der Waals surface area contributed by atoms with Gasteiger partial charge in [-0.05, 0) is 30.3 Å². The molecule has 0 bridgehead atoms. The number of aliphatic hydroxyl groups is 2. The maximum atomic E-state index is 13.4. The highest BCUT2D eigenvalue weighted by Gasteiger charge is 2.39. The smallest absolute Gasteiger partial charge is 0.256 e. The standard InChI is InChI=1S/C20H22N2O8S2/c1-13-10-16(12-19(25)20(13)26)32(29,30)22(9-7-14-4-2-3-8-21-14)31(27,28)15-5-6-17(23)18(24)11-15/h2-6,8,10-13,20,23-26H,7,9H2,1H3. The fraction of sp³-hybridized carbons (Fsp3) is 0.250. The van der Waals surface area contributed by atoms with Gasteiger partial charge in [0.05, 0.1) is 9.80 Å². The van der Waals surface area contributed by atoms with Gasteiger partial charge in [0.2, 0.25) is 0 Å². The molecule has 0 fully saturated rings. The highest BCUT2D eigenvalue weighted by Crippen LogP contribution is 2.33. The highest BCUT2D eigenvalue weighted by atomic mass is 32.3. The summed E-state index contributed by atoms with van der Waals surface area (Å²) in [5.74, 6) is -2.71. The molecule has 0 spiro atoms. The van der Waals surface area contributed by atoms with E-state index in [0.29, 0.717) is 5.69 Å². The number of benzene rings is 1. The van der Waals surface area contributed by atoms with E-state index in [9.17, 15) is 37.3 Å². The third-order valence-electron chi connectivity index (χ3n) is 4.87. The predicted molar refractivity (Wildman–Crippen MR) is 114 cm³/mol. The monoisotopic (exact) mass is 482 g/mol. The van der Waals surface area contributed by atoms with Gasteiger partial charge in [-0.3, -0.25) is 4.98 Å². The number of nitrogens with zero attached hydrogens (tertiary/aromatic N) is 2. The van der Waals surface area contributed by atoms with Gasteiger partial charge < -0.3 is 20.4 Å². The summed E-state index contributed by atoms with van der Waals surface area (Å²) in [5, 5.41) is 39.0. The molecule has 2 atom stereocenters. The minimum absolute atomic E-state index is 0.0511. The van der Waals surface area contributed by atoms with Crippen molar-refractivity contribution in [3.8, 4) is 11.5 Å². The molecule has 1 aliphatic rings. The van der Waals surface area contributed by atoms with Gasteiger partial charge in [-0.1, -0.05) is 22.8 Å². The van der Waals surface area contributed by atoms with Crippen LogP contribution < -0.4 is 0 Å². The number of hydrogen-bond acceptors (Lipinski definition) is 9. The van der Waals surface area contributed by atoms with Gasteiger partial charge in [0.25, 0.3) is 20.0 Å². The van der Waals surface area contributed by atoms with Crippen LogP contribution in [0.3, 0.4) is 0 Å². The average Bonchev–Trinajstić information content (AvgIpc) is 2.74. The van der Waals surface area contributed by atoms with E-state index in [4.69, 9.17) is 0 Å². The lowest BCUT2D eigenvalue weighted by molar-refractivity contribution is 0.119. The molecular weight excluding hydrogens is 460 g/mol. The van der Waals surface area contributed by atoms with Crippen molar-refractivity contribution in [2.45, 2.75) is 24.3 Å². The van der Waals surface area contributed by atoms with Crippen LogP contribution >= 0.6 is 0 Å². The summed E-state index contributed by atoms with van der Waals surface area (Å²) < 4.78 is 53.6. The number of hydrogen-bond donors (Lipinski definition) is 4. The minimum Gasteiger partial charge on any atom is -0.509 e. The van der Waals surface area contributed by atoms with Crippen LogP contribution in [-0.4, -0.2) is 58.6 Å². The molecule has 1 aromatic heterocycles.